The van der Waals surface area contributed by atoms with Gasteiger partial charge in [0.2, 0.25) is 0 Å². The molecule has 25 heavy (non-hydrogen) atoms. The minimum absolute atomic E-state index is 0. The Bertz CT molecular complexity index is 742. The van der Waals surface area contributed by atoms with E-state index in [2.05, 4.69) is 46.8 Å². The number of aryl methyl sites for hydroxylation is 1. The summed E-state index contributed by atoms with van der Waals surface area (Å²) in [5.74, 6) is 0.210. The molecule has 4 rings (SSSR count). The Morgan fingerprint density at radius 3 is 2.56 bits per heavy atom. The number of benzene rings is 1. The van der Waals surface area contributed by atoms with Gasteiger partial charge in [-0.2, -0.15) is 0 Å². The van der Waals surface area contributed by atoms with Crippen molar-refractivity contribution >= 4 is 18.3 Å². The molecular weight excluding hydrogens is 334 g/mol. The molecule has 2 fully saturated rings. The summed E-state index contributed by atoms with van der Waals surface area (Å²) in [7, 11) is 0. The summed E-state index contributed by atoms with van der Waals surface area (Å²) >= 11 is 0. The van der Waals surface area contributed by atoms with Gasteiger partial charge in [-0.05, 0) is 57.9 Å². The van der Waals surface area contributed by atoms with Crippen LogP contribution in [0.15, 0.2) is 36.4 Å². The Hall–Kier alpha value is -1.78. The van der Waals surface area contributed by atoms with Crippen LogP contribution in [-0.4, -0.2) is 40.5 Å². The Morgan fingerprint density at radius 2 is 1.80 bits per heavy atom. The molecule has 2 aliphatic rings. The van der Waals surface area contributed by atoms with Crippen molar-refractivity contribution in [1.82, 2.24) is 14.8 Å². The van der Waals surface area contributed by atoms with Crippen molar-refractivity contribution in [2.24, 2.45) is 0 Å². The molecular formula is C20H26ClN3O. The van der Waals surface area contributed by atoms with E-state index in [1.54, 1.807) is 0 Å². The van der Waals surface area contributed by atoms with E-state index < -0.39 is 0 Å². The van der Waals surface area contributed by atoms with Gasteiger partial charge < -0.3 is 14.8 Å². The van der Waals surface area contributed by atoms with E-state index in [1.165, 1.54) is 0 Å². The molecule has 2 aromatic rings. The number of amides is 1. The van der Waals surface area contributed by atoms with Crippen molar-refractivity contribution in [2.75, 3.05) is 13.1 Å². The summed E-state index contributed by atoms with van der Waals surface area (Å²) in [6.07, 6.45) is 3.34. The van der Waals surface area contributed by atoms with Crippen LogP contribution in [-0.2, 0) is 0 Å². The van der Waals surface area contributed by atoms with Gasteiger partial charge in [0, 0.05) is 35.7 Å². The van der Waals surface area contributed by atoms with E-state index >= 15 is 0 Å². The number of nitrogens with zero attached hydrogens (tertiary/aromatic N) is 2. The second kappa shape index (κ2) is 7.22. The number of carbonyl (C=O) groups is 1. The topological polar surface area (TPSA) is 37.3 Å². The number of aromatic nitrogens is 1. The van der Waals surface area contributed by atoms with Crippen LogP contribution in [0.4, 0.5) is 0 Å². The Morgan fingerprint density at radius 1 is 1.08 bits per heavy atom. The molecule has 4 nitrogen and oxygen atoms in total. The fourth-order valence-electron chi connectivity index (χ4n) is 4.41. The molecule has 2 atom stereocenters. The van der Waals surface area contributed by atoms with Crippen molar-refractivity contribution in [2.45, 2.75) is 45.2 Å². The van der Waals surface area contributed by atoms with Gasteiger partial charge in [-0.1, -0.05) is 18.2 Å². The van der Waals surface area contributed by atoms with E-state index in [-0.39, 0.29) is 18.3 Å². The maximum Gasteiger partial charge on any atom is 0.256 e. The average Bonchev–Trinajstić information content (AvgIpc) is 3.02. The normalized spacial score (nSPS) is 22.4. The Kier molecular flexibility index (Phi) is 5.21. The minimum atomic E-state index is 0. The quantitative estimate of drug-likeness (QED) is 0.891. The molecule has 2 bridgehead atoms. The van der Waals surface area contributed by atoms with Gasteiger partial charge in [0.05, 0.1) is 5.56 Å². The summed E-state index contributed by atoms with van der Waals surface area (Å²) in [6.45, 7) is 6.09. The van der Waals surface area contributed by atoms with Gasteiger partial charge in [-0.25, -0.2) is 0 Å². The van der Waals surface area contributed by atoms with Crippen molar-refractivity contribution in [3.05, 3.63) is 53.3 Å². The number of fused-ring (bicyclic) bond motifs is 2. The molecule has 1 N–H and O–H groups in total. The lowest BCUT2D eigenvalue weighted by atomic mass is 10.1. The molecule has 1 amide bonds. The molecule has 5 heteroatoms. The van der Waals surface area contributed by atoms with Crippen molar-refractivity contribution < 1.29 is 4.79 Å². The summed E-state index contributed by atoms with van der Waals surface area (Å²) in [5.41, 5.74) is 4.13. The first-order valence-corrected chi connectivity index (χ1v) is 8.94. The van der Waals surface area contributed by atoms with Gasteiger partial charge in [-0.3, -0.25) is 4.79 Å². The van der Waals surface area contributed by atoms with E-state index in [0.29, 0.717) is 12.1 Å². The highest BCUT2D eigenvalue weighted by atomic mass is 35.5. The number of rotatable bonds is 2. The van der Waals surface area contributed by atoms with Crippen LogP contribution in [0.2, 0.25) is 0 Å². The maximum atomic E-state index is 13.3. The predicted octanol–water partition coefficient (Wildman–Crippen LogP) is 3.48. The first kappa shape index (κ1) is 18.0. The van der Waals surface area contributed by atoms with E-state index in [0.717, 1.165) is 55.0 Å². The molecule has 134 valence electrons. The van der Waals surface area contributed by atoms with Crippen LogP contribution in [0.5, 0.6) is 0 Å². The van der Waals surface area contributed by atoms with Gasteiger partial charge in [0.15, 0.2) is 0 Å². The standard InChI is InChI=1S/C20H25N3O.ClH/c1-14-12-19(15(2)22(14)16-6-4-3-5-7-16)20(24)23-17-8-9-18(23)13-21-11-10-17;/h3-7,12,17-18,21H,8-11,13H2,1-2H3;1H. The van der Waals surface area contributed by atoms with Gasteiger partial charge in [-0.15, -0.1) is 12.4 Å². The average molecular weight is 360 g/mol. The van der Waals surface area contributed by atoms with Gasteiger partial charge in [0.25, 0.3) is 5.91 Å². The zero-order valence-electron chi connectivity index (χ0n) is 14.9. The van der Waals surface area contributed by atoms with E-state index in [1.807, 2.05) is 18.2 Å². The third kappa shape index (κ3) is 3.09. The summed E-state index contributed by atoms with van der Waals surface area (Å²) in [4.78, 5) is 15.5. The SMILES string of the molecule is Cc1cc(C(=O)N2C3CCNCC2CC3)c(C)n1-c1ccccc1.Cl. The monoisotopic (exact) mass is 359 g/mol. The van der Waals surface area contributed by atoms with E-state index in [4.69, 9.17) is 0 Å². The fourth-order valence-corrected chi connectivity index (χ4v) is 4.41. The van der Waals surface area contributed by atoms with Gasteiger partial charge >= 0.3 is 0 Å². The van der Waals surface area contributed by atoms with Crippen molar-refractivity contribution in [3.63, 3.8) is 0 Å². The summed E-state index contributed by atoms with van der Waals surface area (Å²) in [5, 5.41) is 3.47. The zero-order chi connectivity index (χ0) is 16.7. The molecule has 1 aromatic heterocycles. The predicted molar refractivity (Wildman–Crippen MR) is 103 cm³/mol. The molecule has 2 saturated heterocycles. The third-order valence-corrected chi connectivity index (χ3v) is 5.56. The molecule has 2 unspecified atom stereocenters. The lowest BCUT2D eigenvalue weighted by molar-refractivity contribution is 0.0679. The van der Waals surface area contributed by atoms with Crippen LogP contribution in [0, 0.1) is 13.8 Å². The van der Waals surface area contributed by atoms with Crippen LogP contribution in [0.1, 0.15) is 41.0 Å². The molecule has 0 radical (unpaired) electrons. The molecule has 2 aliphatic heterocycles. The third-order valence-electron chi connectivity index (χ3n) is 5.56. The minimum Gasteiger partial charge on any atom is -0.331 e. The van der Waals surface area contributed by atoms with Crippen molar-refractivity contribution in [3.8, 4) is 5.69 Å². The van der Waals surface area contributed by atoms with Crippen LogP contribution in [0.25, 0.3) is 5.69 Å². The van der Waals surface area contributed by atoms with E-state index in [9.17, 15) is 4.79 Å². The summed E-state index contributed by atoms with van der Waals surface area (Å²) in [6, 6.07) is 13.1. The highest BCUT2D eigenvalue weighted by Gasteiger charge is 2.39. The largest absolute Gasteiger partial charge is 0.331 e. The first-order chi connectivity index (χ1) is 11.7. The number of hydrogen-bond donors (Lipinski definition) is 1. The second-order valence-corrected chi connectivity index (χ2v) is 7.05. The highest BCUT2D eigenvalue weighted by Crippen LogP contribution is 2.31. The number of halogens is 1. The van der Waals surface area contributed by atoms with Crippen molar-refractivity contribution in [1.29, 1.82) is 0 Å². The smallest absolute Gasteiger partial charge is 0.256 e. The number of carbonyl (C=O) groups excluding carboxylic acids is 1. The van der Waals surface area contributed by atoms with Crippen LogP contribution in [0.3, 0.4) is 0 Å². The Balaban J connectivity index is 0.00000182. The molecule has 1 aromatic carbocycles. The maximum absolute atomic E-state index is 13.3. The van der Waals surface area contributed by atoms with Crippen LogP contribution >= 0.6 is 12.4 Å². The fraction of sp³-hybridized carbons (Fsp3) is 0.450. The summed E-state index contributed by atoms with van der Waals surface area (Å²) < 4.78 is 2.19. The zero-order valence-corrected chi connectivity index (χ0v) is 15.7. The lowest BCUT2D eigenvalue weighted by Gasteiger charge is -2.28. The van der Waals surface area contributed by atoms with Gasteiger partial charge in [0.1, 0.15) is 0 Å². The number of para-hydroxylation sites is 1. The molecule has 0 spiro atoms. The van der Waals surface area contributed by atoms with Crippen LogP contribution < -0.4 is 5.32 Å². The first-order valence-electron chi connectivity index (χ1n) is 8.94. The Labute approximate surface area is 155 Å². The molecule has 0 saturated carbocycles. The highest BCUT2D eigenvalue weighted by molar-refractivity contribution is 5.96. The lowest BCUT2D eigenvalue weighted by Crippen LogP contribution is -2.42. The second-order valence-electron chi connectivity index (χ2n) is 7.05. The molecule has 0 aliphatic carbocycles. The molecule has 3 heterocycles. The number of nitrogens with one attached hydrogen (secondary N) is 1. The number of hydrogen-bond acceptors (Lipinski definition) is 2.